The minimum Gasteiger partial charge on any atom is -0.352 e. The van der Waals surface area contributed by atoms with Gasteiger partial charge in [0.05, 0.1) is 10.9 Å². The molecule has 1 saturated carbocycles. The topological polar surface area (TPSA) is 90.0 Å². The molecule has 3 aliphatic rings. The molecule has 1 aromatic carbocycles. The molecule has 4 rings (SSSR count). The van der Waals surface area contributed by atoms with E-state index in [4.69, 9.17) is 0 Å². The molecule has 2 heterocycles. The maximum atomic E-state index is 13.0. The van der Waals surface area contributed by atoms with Gasteiger partial charge in [0, 0.05) is 50.9 Å². The van der Waals surface area contributed by atoms with Crippen LogP contribution in [0.3, 0.4) is 0 Å². The zero-order chi connectivity index (χ0) is 20.6. The number of nitrogens with zero attached hydrogens (tertiary/aromatic N) is 3. The van der Waals surface area contributed by atoms with Crippen LogP contribution in [0.4, 0.5) is 5.69 Å². The predicted octanol–water partition coefficient (Wildman–Crippen LogP) is 0.787. The Bertz CT molecular complexity index is 874. The predicted molar refractivity (Wildman–Crippen MR) is 109 cm³/mol. The first kappa shape index (κ1) is 20.3. The summed E-state index contributed by atoms with van der Waals surface area (Å²) in [6, 6.07) is 6.64. The molecule has 1 aliphatic carbocycles. The monoisotopic (exact) mass is 420 g/mol. The van der Waals surface area contributed by atoms with E-state index in [1.165, 1.54) is 4.31 Å². The van der Waals surface area contributed by atoms with Crippen LogP contribution in [-0.2, 0) is 19.6 Å². The molecule has 3 fully saturated rings. The van der Waals surface area contributed by atoms with Crippen molar-refractivity contribution in [3.8, 4) is 0 Å². The second-order valence-corrected chi connectivity index (χ2v) is 9.98. The van der Waals surface area contributed by atoms with Crippen molar-refractivity contribution >= 4 is 27.5 Å². The van der Waals surface area contributed by atoms with Gasteiger partial charge in [-0.25, -0.2) is 8.42 Å². The second kappa shape index (κ2) is 8.04. The van der Waals surface area contributed by atoms with Gasteiger partial charge in [0.1, 0.15) is 0 Å². The normalized spacial score (nSPS) is 22.7. The Morgan fingerprint density at radius 1 is 1.07 bits per heavy atom. The van der Waals surface area contributed by atoms with Crippen LogP contribution >= 0.6 is 0 Å². The molecule has 1 unspecified atom stereocenters. The summed E-state index contributed by atoms with van der Waals surface area (Å²) in [5.41, 5.74) is 0.742. The Labute approximate surface area is 171 Å². The largest absolute Gasteiger partial charge is 0.352 e. The summed E-state index contributed by atoms with van der Waals surface area (Å²) in [6.45, 7) is 4.32. The summed E-state index contributed by atoms with van der Waals surface area (Å²) in [6.07, 6.45) is 3.48. The number of carbonyl (C=O) groups excluding carboxylic acids is 2. The number of piperazine rings is 1. The number of nitrogens with one attached hydrogen (secondary N) is 1. The van der Waals surface area contributed by atoms with Crippen molar-refractivity contribution in [1.29, 1.82) is 0 Å². The van der Waals surface area contributed by atoms with Crippen molar-refractivity contribution in [3.63, 3.8) is 0 Å². The third-order valence-corrected chi connectivity index (χ3v) is 7.90. The SMILES string of the molecule is CC(C(=O)NC1CC1)N1CCN(S(=O)(=O)c2ccc(N3CCCC3=O)cc2)CC1. The van der Waals surface area contributed by atoms with Gasteiger partial charge in [-0.2, -0.15) is 4.31 Å². The molecule has 2 amide bonds. The Morgan fingerprint density at radius 3 is 2.28 bits per heavy atom. The zero-order valence-corrected chi connectivity index (χ0v) is 17.5. The van der Waals surface area contributed by atoms with E-state index in [2.05, 4.69) is 5.32 Å². The summed E-state index contributed by atoms with van der Waals surface area (Å²) >= 11 is 0. The highest BCUT2D eigenvalue weighted by Crippen LogP contribution is 2.25. The molecule has 1 aromatic rings. The van der Waals surface area contributed by atoms with Crippen LogP contribution < -0.4 is 10.2 Å². The van der Waals surface area contributed by atoms with E-state index < -0.39 is 10.0 Å². The van der Waals surface area contributed by atoms with Crippen LogP contribution in [0.5, 0.6) is 0 Å². The average molecular weight is 421 g/mol. The lowest BCUT2D eigenvalue weighted by molar-refractivity contribution is -0.126. The molecule has 2 saturated heterocycles. The van der Waals surface area contributed by atoms with Gasteiger partial charge in [0.25, 0.3) is 0 Å². The van der Waals surface area contributed by atoms with Crippen LogP contribution in [0.2, 0.25) is 0 Å². The highest BCUT2D eigenvalue weighted by molar-refractivity contribution is 7.89. The molecule has 0 aromatic heterocycles. The standard InChI is InChI=1S/C20H28N4O4S/c1-15(20(26)21-16-4-5-16)22-11-13-23(14-12-22)29(27,28)18-8-6-17(7-9-18)24-10-2-3-19(24)25/h6-9,15-16H,2-5,10-14H2,1H3,(H,21,26). The van der Waals surface area contributed by atoms with Gasteiger partial charge in [0.2, 0.25) is 21.8 Å². The molecule has 0 bridgehead atoms. The van der Waals surface area contributed by atoms with Crippen LogP contribution in [0.15, 0.2) is 29.2 Å². The molecule has 0 radical (unpaired) electrons. The fourth-order valence-corrected chi connectivity index (χ4v) is 5.34. The second-order valence-electron chi connectivity index (χ2n) is 8.04. The van der Waals surface area contributed by atoms with E-state index in [1.54, 1.807) is 29.2 Å². The molecule has 29 heavy (non-hydrogen) atoms. The molecule has 158 valence electrons. The third kappa shape index (κ3) is 4.31. The Balaban J connectivity index is 1.37. The minimum absolute atomic E-state index is 0.0239. The number of hydrogen-bond donors (Lipinski definition) is 1. The molecular formula is C20H28N4O4S. The highest BCUT2D eigenvalue weighted by atomic mass is 32.2. The molecule has 2 aliphatic heterocycles. The van der Waals surface area contributed by atoms with Gasteiger partial charge < -0.3 is 10.2 Å². The Morgan fingerprint density at radius 2 is 1.72 bits per heavy atom. The van der Waals surface area contributed by atoms with E-state index in [0.717, 1.165) is 24.9 Å². The average Bonchev–Trinajstić information content (AvgIpc) is 3.44. The van der Waals surface area contributed by atoms with Crippen LogP contribution in [0, 0.1) is 0 Å². The van der Waals surface area contributed by atoms with E-state index in [9.17, 15) is 18.0 Å². The number of rotatable bonds is 6. The van der Waals surface area contributed by atoms with Gasteiger partial charge in [-0.3, -0.25) is 14.5 Å². The Kier molecular flexibility index (Phi) is 5.63. The fraction of sp³-hybridized carbons (Fsp3) is 0.600. The molecule has 8 nitrogen and oxygen atoms in total. The number of carbonyl (C=O) groups is 2. The van der Waals surface area contributed by atoms with Gasteiger partial charge in [-0.1, -0.05) is 0 Å². The Hall–Kier alpha value is -1.97. The van der Waals surface area contributed by atoms with E-state index in [1.807, 2.05) is 11.8 Å². The summed E-state index contributed by atoms with van der Waals surface area (Å²) in [5, 5.41) is 3.01. The summed E-state index contributed by atoms with van der Waals surface area (Å²) in [4.78, 5) is 28.1. The lowest BCUT2D eigenvalue weighted by Gasteiger charge is -2.36. The van der Waals surface area contributed by atoms with Crippen molar-refractivity contribution in [2.75, 3.05) is 37.6 Å². The lowest BCUT2D eigenvalue weighted by atomic mass is 10.2. The zero-order valence-electron chi connectivity index (χ0n) is 16.7. The van der Waals surface area contributed by atoms with E-state index in [0.29, 0.717) is 45.2 Å². The summed E-state index contributed by atoms with van der Waals surface area (Å²) in [5.74, 6) is 0.104. The van der Waals surface area contributed by atoms with E-state index >= 15 is 0 Å². The highest BCUT2D eigenvalue weighted by Gasteiger charge is 2.33. The molecule has 9 heteroatoms. The third-order valence-electron chi connectivity index (χ3n) is 5.98. The van der Waals surface area contributed by atoms with Crippen molar-refractivity contribution in [2.45, 2.75) is 49.6 Å². The van der Waals surface area contributed by atoms with Crippen LogP contribution in [0.25, 0.3) is 0 Å². The quantitative estimate of drug-likeness (QED) is 0.735. The first-order chi connectivity index (χ1) is 13.9. The maximum Gasteiger partial charge on any atom is 0.243 e. The first-order valence-corrected chi connectivity index (χ1v) is 11.8. The number of hydrogen-bond acceptors (Lipinski definition) is 5. The molecule has 1 atom stereocenters. The molecular weight excluding hydrogens is 392 g/mol. The minimum atomic E-state index is -3.59. The molecule has 1 N–H and O–H groups in total. The summed E-state index contributed by atoms with van der Waals surface area (Å²) in [7, 11) is -3.59. The van der Waals surface area contributed by atoms with Crippen molar-refractivity contribution in [3.05, 3.63) is 24.3 Å². The number of amides is 2. The van der Waals surface area contributed by atoms with Crippen LogP contribution in [-0.4, -0.2) is 74.2 Å². The van der Waals surface area contributed by atoms with Gasteiger partial charge >= 0.3 is 0 Å². The first-order valence-electron chi connectivity index (χ1n) is 10.3. The van der Waals surface area contributed by atoms with Gasteiger partial charge in [-0.15, -0.1) is 0 Å². The molecule has 0 spiro atoms. The van der Waals surface area contributed by atoms with Crippen LogP contribution in [0.1, 0.15) is 32.6 Å². The number of sulfonamides is 1. The smallest absolute Gasteiger partial charge is 0.243 e. The summed E-state index contributed by atoms with van der Waals surface area (Å²) < 4.78 is 27.5. The van der Waals surface area contributed by atoms with Crippen molar-refractivity contribution < 1.29 is 18.0 Å². The maximum absolute atomic E-state index is 13.0. The number of anilines is 1. The van der Waals surface area contributed by atoms with Gasteiger partial charge in [0.15, 0.2) is 0 Å². The van der Waals surface area contributed by atoms with Crippen molar-refractivity contribution in [2.24, 2.45) is 0 Å². The fourth-order valence-electron chi connectivity index (χ4n) is 3.91. The van der Waals surface area contributed by atoms with Gasteiger partial charge in [-0.05, 0) is 50.5 Å². The van der Waals surface area contributed by atoms with E-state index in [-0.39, 0.29) is 22.8 Å². The van der Waals surface area contributed by atoms with Crippen molar-refractivity contribution in [1.82, 2.24) is 14.5 Å². The lowest BCUT2D eigenvalue weighted by Crippen LogP contribution is -2.55. The number of benzene rings is 1.